The highest BCUT2D eigenvalue weighted by atomic mass is 15.2. The van der Waals surface area contributed by atoms with Crippen LogP contribution in [0.3, 0.4) is 0 Å². The maximum atomic E-state index is 5.66. The molecule has 0 saturated heterocycles. The Morgan fingerprint density at radius 2 is 2.05 bits per heavy atom. The summed E-state index contributed by atoms with van der Waals surface area (Å²) < 4.78 is 0. The van der Waals surface area contributed by atoms with Crippen molar-refractivity contribution in [1.82, 2.24) is 9.97 Å². The molecule has 1 aliphatic carbocycles. The molecular weight excluding hydrogens is 236 g/mol. The van der Waals surface area contributed by atoms with Gasteiger partial charge in [-0.25, -0.2) is 9.97 Å². The van der Waals surface area contributed by atoms with Crippen LogP contribution in [0, 0.1) is 5.92 Å². The van der Waals surface area contributed by atoms with Crippen LogP contribution < -0.4 is 10.6 Å². The Bertz CT molecular complexity index is 403. The molecule has 0 amide bonds. The molecule has 0 fully saturated rings. The molecule has 19 heavy (non-hydrogen) atoms. The average Bonchev–Trinajstić information content (AvgIpc) is 2.42. The Hall–Kier alpha value is -1.16. The molecule has 4 heteroatoms. The minimum absolute atomic E-state index is 0.631. The number of aryl methyl sites for hydroxylation is 1. The van der Waals surface area contributed by atoms with Crippen molar-refractivity contribution >= 4 is 5.82 Å². The molecular formula is C15H26N4. The van der Waals surface area contributed by atoms with Gasteiger partial charge in [-0.15, -0.1) is 0 Å². The highest BCUT2D eigenvalue weighted by Gasteiger charge is 2.19. The van der Waals surface area contributed by atoms with Crippen molar-refractivity contribution in [1.29, 1.82) is 0 Å². The minimum Gasteiger partial charge on any atom is -0.356 e. The second-order valence-corrected chi connectivity index (χ2v) is 5.81. The van der Waals surface area contributed by atoms with Crippen molar-refractivity contribution < 1.29 is 0 Å². The van der Waals surface area contributed by atoms with Gasteiger partial charge in [0.1, 0.15) is 12.1 Å². The van der Waals surface area contributed by atoms with Crippen LogP contribution in [0.1, 0.15) is 44.4 Å². The fourth-order valence-corrected chi connectivity index (χ4v) is 2.78. The number of hydrogen-bond donors (Lipinski definition) is 1. The molecule has 2 rings (SSSR count). The first kappa shape index (κ1) is 14.3. The summed E-state index contributed by atoms with van der Waals surface area (Å²) in [5, 5.41) is 0. The van der Waals surface area contributed by atoms with Crippen molar-refractivity contribution in [2.24, 2.45) is 11.7 Å². The van der Waals surface area contributed by atoms with Crippen molar-refractivity contribution in [2.45, 2.75) is 46.0 Å². The number of fused-ring (bicyclic) bond motifs is 1. The lowest BCUT2D eigenvalue weighted by Crippen LogP contribution is -2.32. The summed E-state index contributed by atoms with van der Waals surface area (Å²) in [7, 11) is 0. The van der Waals surface area contributed by atoms with Crippen LogP contribution in [0.15, 0.2) is 6.33 Å². The van der Waals surface area contributed by atoms with E-state index in [0.29, 0.717) is 5.92 Å². The summed E-state index contributed by atoms with van der Waals surface area (Å²) in [4.78, 5) is 11.4. The predicted molar refractivity (Wildman–Crippen MR) is 79.4 cm³/mol. The third kappa shape index (κ3) is 3.66. The zero-order valence-corrected chi connectivity index (χ0v) is 12.2. The van der Waals surface area contributed by atoms with E-state index >= 15 is 0 Å². The van der Waals surface area contributed by atoms with Crippen LogP contribution in [0.5, 0.6) is 0 Å². The molecule has 0 aliphatic heterocycles. The van der Waals surface area contributed by atoms with Gasteiger partial charge in [0.2, 0.25) is 0 Å². The first-order valence-corrected chi connectivity index (χ1v) is 7.50. The van der Waals surface area contributed by atoms with E-state index in [1.54, 1.807) is 6.33 Å². The zero-order chi connectivity index (χ0) is 13.7. The first-order chi connectivity index (χ1) is 9.22. The van der Waals surface area contributed by atoms with Crippen molar-refractivity contribution in [3.63, 3.8) is 0 Å². The second-order valence-electron chi connectivity index (χ2n) is 5.81. The Labute approximate surface area is 116 Å². The molecule has 4 nitrogen and oxygen atoms in total. The van der Waals surface area contributed by atoms with Crippen LogP contribution in [0.25, 0.3) is 0 Å². The summed E-state index contributed by atoms with van der Waals surface area (Å²) in [6, 6.07) is 0. The molecule has 1 aromatic rings. The fraction of sp³-hybridized carbons (Fsp3) is 0.733. The predicted octanol–water partition coefficient (Wildman–Crippen LogP) is 2.17. The molecule has 1 heterocycles. The molecule has 0 saturated carbocycles. The monoisotopic (exact) mass is 262 g/mol. The zero-order valence-electron chi connectivity index (χ0n) is 12.2. The SMILES string of the molecule is CC(C)CN(CCCN)c1ncnc2c1CCCC2. The molecule has 106 valence electrons. The van der Waals surface area contributed by atoms with Crippen LogP contribution >= 0.6 is 0 Å². The summed E-state index contributed by atoms with van der Waals surface area (Å²) in [6.07, 6.45) is 7.51. The normalized spacial score (nSPS) is 14.5. The number of nitrogens with zero attached hydrogens (tertiary/aromatic N) is 3. The third-order valence-electron chi connectivity index (χ3n) is 3.62. The minimum atomic E-state index is 0.631. The van der Waals surface area contributed by atoms with E-state index in [0.717, 1.165) is 44.7 Å². The summed E-state index contributed by atoms with van der Waals surface area (Å²) >= 11 is 0. The molecule has 2 N–H and O–H groups in total. The van der Waals surface area contributed by atoms with Crippen LogP contribution in [0.4, 0.5) is 5.82 Å². The molecule has 0 atom stereocenters. The van der Waals surface area contributed by atoms with E-state index in [4.69, 9.17) is 5.73 Å². The Kier molecular flexibility index (Phi) is 5.14. The lowest BCUT2D eigenvalue weighted by molar-refractivity contribution is 0.586. The van der Waals surface area contributed by atoms with E-state index in [1.807, 2.05) is 0 Å². The topological polar surface area (TPSA) is 55.0 Å². The fourth-order valence-electron chi connectivity index (χ4n) is 2.78. The van der Waals surface area contributed by atoms with Crippen molar-refractivity contribution in [3.8, 4) is 0 Å². The lowest BCUT2D eigenvalue weighted by atomic mass is 9.96. The van der Waals surface area contributed by atoms with Gasteiger partial charge in [-0.2, -0.15) is 0 Å². The molecule has 0 radical (unpaired) electrons. The van der Waals surface area contributed by atoms with Gasteiger partial charge in [0, 0.05) is 24.3 Å². The van der Waals surface area contributed by atoms with Gasteiger partial charge in [-0.3, -0.25) is 0 Å². The molecule has 0 unspecified atom stereocenters. The average molecular weight is 262 g/mol. The summed E-state index contributed by atoms with van der Waals surface area (Å²) in [5.41, 5.74) is 8.31. The van der Waals surface area contributed by atoms with E-state index in [1.165, 1.54) is 24.1 Å². The Balaban J connectivity index is 2.24. The molecule has 0 bridgehead atoms. The van der Waals surface area contributed by atoms with Gasteiger partial charge in [-0.1, -0.05) is 13.8 Å². The van der Waals surface area contributed by atoms with Crippen molar-refractivity contribution in [3.05, 3.63) is 17.6 Å². The highest BCUT2D eigenvalue weighted by Crippen LogP contribution is 2.27. The Morgan fingerprint density at radius 1 is 1.26 bits per heavy atom. The van der Waals surface area contributed by atoms with E-state index in [2.05, 4.69) is 28.7 Å². The number of aromatic nitrogens is 2. The largest absolute Gasteiger partial charge is 0.356 e. The van der Waals surface area contributed by atoms with E-state index in [9.17, 15) is 0 Å². The van der Waals surface area contributed by atoms with E-state index < -0.39 is 0 Å². The van der Waals surface area contributed by atoms with Gasteiger partial charge in [0.25, 0.3) is 0 Å². The van der Waals surface area contributed by atoms with Gasteiger partial charge < -0.3 is 10.6 Å². The highest BCUT2D eigenvalue weighted by molar-refractivity contribution is 5.49. The summed E-state index contributed by atoms with van der Waals surface area (Å²) in [6.45, 7) is 7.29. The maximum Gasteiger partial charge on any atom is 0.135 e. The first-order valence-electron chi connectivity index (χ1n) is 7.50. The third-order valence-corrected chi connectivity index (χ3v) is 3.62. The van der Waals surface area contributed by atoms with Crippen LogP contribution in [0.2, 0.25) is 0 Å². The Morgan fingerprint density at radius 3 is 2.79 bits per heavy atom. The molecule has 1 aliphatic rings. The van der Waals surface area contributed by atoms with Gasteiger partial charge in [0.05, 0.1) is 0 Å². The van der Waals surface area contributed by atoms with Gasteiger partial charge in [-0.05, 0) is 44.6 Å². The number of nitrogens with two attached hydrogens (primary N) is 1. The molecule has 1 aromatic heterocycles. The van der Waals surface area contributed by atoms with Gasteiger partial charge >= 0.3 is 0 Å². The number of hydrogen-bond acceptors (Lipinski definition) is 4. The van der Waals surface area contributed by atoms with E-state index in [-0.39, 0.29) is 0 Å². The van der Waals surface area contributed by atoms with Gasteiger partial charge in [0.15, 0.2) is 0 Å². The molecule has 0 aromatic carbocycles. The van der Waals surface area contributed by atoms with Crippen LogP contribution in [-0.2, 0) is 12.8 Å². The molecule has 0 spiro atoms. The standard InChI is InChI=1S/C15H26N4/c1-12(2)10-19(9-5-8-16)15-13-6-3-4-7-14(13)17-11-18-15/h11-12H,3-10,16H2,1-2H3. The van der Waals surface area contributed by atoms with Crippen LogP contribution in [-0.4, -0.2) is 29.6 Å². The number of rotatable bonds is 6. The smallest absolute Gasteiger partial charge is 0.135 e. The summed E-state index contributed by atoms with van der Waals surface area (Å²) in [5.74, 6) is 1.79. The number of anilines is 1. The second kappa shape index (κ2) is 6.85. The maximum absolute atomic E-state index is 5.66. The van der Waals surface area contributed by atoms with Crippen molar-refractivity contribution in [2.75, 3.05) is 24.5 Å². The quantitative estimate of drug-likeness (QED) is 0.853. The lowest BCUT2D eigenvalue weighted by Gasteiger charge is -2.29.